The number of nitrogens with zero attached hydrogens (tertiary/aromatic N) is 3. The fourth-order valence-corrected chi connectivity index (χ4v) is 3.15. The molecule has 10 nitrogen and oxygen atoms in total. The average molecular weight is 453 g/mol. The summed E-state index contributed by atoms with van der Waals surface area (Å²) in [6.45, 7) is 4.68. The van der Waals surface area contributed by atoms with Crippen LogP contribution in [0.15, 0.2) is 47.7 Å². The fraction of sp³-hybridized carbons (Fsp3) is 0.348. The van der Waals surface area contributed by atoms with Gasteiger partial charge in [0.15, 0.2) is 0 Å². The molecule has 0 radical (unpaired) electrons. The molecule has 0 aliphatic rings. The number of hydrogen-bond donors (Lipinski definition) is 3. The van der Waals surface area contributed by atoms with Crippen LogP contribution < -0.4 is 10.7 Å². The number of aliphatic carboxylic acids is 1. The Morgan fingerprint density at radius 2 is 2.12 bits per heavy atom. The lowest BCUT2D eigenvalue weighted by Gasteiger charge is -2.10. The molecule has 0 unspecified atom stereocenters. The van der Waals surface area contributed by atoms with Gasteiger partial charge in [-0.2, -0.15) is 10.2 Å². The molecule has 0 saturated carbocycles. The van der Waals surface area contributed by atoms with Crippen molar-refractivity contribution in [2.75, 3.05) is 11.9 Å². The normalized spacial score (nSPS) is 10.9. The number of rotatable bonds is 10. The first-order valence-electron chi connectivity index (χ1n) is 10.7. The molecule has 10 heteroatoms. The van der Waals surface area contributed by atoms with E-state index in [2.05, 4.69) is 20.6 Å². The first-order chi connectivity index (χ1) is 15.8. The van der Waals surface area contributed by atoms with Gasteiger partial charge in [-0.3, -0.25) is 24.7 Å². The lowest BCUT2D eigenvalue weighted by molar-refractivity contribution is -0.137. The Bertz CT molecular complexity index is 1170. The van der Waals surface area contributed by atoms with E-state index in [1.807, 2.05) is 19.9 Å². The SMILES string of the molecule is CC(C)COC(=O)Nc1cccc(Cc2n[nH]cc(-c3cnn(CCCC(=O)O)c3)c2=O)c1. The summed E-state index contributed by atoms with van der Waals surface area (Å²) < 4.78 is 6.75. The minimum absolute atomic E-state index is 0.0541. The minimum Gasteiger partial charge on any atom is -0.481 e. The van der Waals surface area contributed by atoms with Gasteiger partial charge >= 0.3 is 12.1 Å². The molecule has 0 aliphatic heterocycles. The molecular weight excluding hydrogens is 426 g/mol. The third-order valence-corrected chi connectivity index (χ3v) is 4.73. The highest BCUT2D eigenvalue weighted by Crippen LogP contribution is 2.16. The Morgan fingerprint density at radius 3 is 2.88 bits per heavy atom. The molecular formula is C23H27N5O5. The van der Waals surface area contributed by atoms with Crippen LogP contribution in [0, 0.1) is 5.92 Å². The van der Waals surface area contributed by atoms with E-state index in [1.54, 1.807) is 35.3 Å². The van der Waals surface area contributed by atoms with Crippen LogP contribution in [-0.2, 0) is 22.5 Å². The lowest BCUT2D eigenvalue weighted by Crippen LogP contribution is -2.17. The number of ether oxygens (including phenoxy) is 1. The van der Waals surface area contributed by atoms with Crippen LogP contribution in [0.5, 0.6) is 0 Å². The van der Waals surface area contributed by atoms with Crippen molar-refractivity contribution in [2.45, 2.75) is 39.7 Å². The van der Waals surface area contributed by atoms with E-state index in [4.69, 9.17) is 9.84 Å². The van der Waals surface area contributed by atoms with E-state index in [0.717, 1.165) is 5.56 Å². The molecule has 1 aromatic carbocycles. The van der Waals surface area contributed by atoms with Crippen LogP contribution in [-0.4, -0.2) is 43.8 Å². The zero-order valence-electron chi connectivity index (χ0n) is 18.6. The molecule has 0 atom stereocenters. The van der Waals surface area contributed by atoms with Gasteiger partial charge in [0.1, 0.15) is 5.69 Å². The standard InChI is InChI=1S/C23H27N5O5/c1-15(2)14-33-23(32)26-18-6-3-5-16(9-18)10-20-22(31)19(12-24-27-20)17-11-25-28(13-17)8-4-7-21(29)30/h3,5-6,9,11-13,15H,4,7-8,10,14H2,1-2H3,(H,24,31)(H,26,32)(H,29,30). The van der Waals surface area contributed by atoms with Crippen LogP contribution in [0.2, 0.25) is 0 Å². The molecule has 1 amide bonds. The molecule has 2 aromatic heterocycles. The van der Waals surface area contributed by atoms with Gasteiger partial charge in [0.2, 0.25) is 5.43 Å². The summed E-state index contributed by atoms with van der Waals surface area (Å²) >= 11 is 0. The van der Waals surface area contributed by atoms with Gasteiger partial charge in [0.25, 0.3) is 0 Å². The smallest absolute Gasteiger partial charge is 0.411 e. The van der Waals surface area contributed by atoms with Crippen LogP contribution in [0.4, 0.5) is 10.5 Å². The Kier molecular flexibility index (Phi) is 7.96. The van der Waals surface area contributed by atoms with E-state index >= 15 is 0 Å². The van der Waals surface area contributed by atoms with E-state index in [1.165, 1.54) is 6.20 Å². The number of carboxylic acid groups (broad SMARTS) is 1. The number of aromatic amines is 1. The average Bonchev–Trinajstić information content (AvgIpc) is 3.22. The van der Waals surface area contributed by atoms with E-state index in [-0.39, 0.29) is 24.2 Å². The van der Waals surface area contributed by atoms with E-state index < -0.39 is 12.1 Å². The maximum Gasteiger partial charge on any atom is 0.411 e. The summed E-state index contributed by atoms with van der Waals surface area (Å²) in [4.78, 5) is 35.6. The molecule has 33 heavy (non-hydrogen) atoms. The Balaban J connectivity index is 1.70. The number of anilines is 1. The van der Waals surface area contributed by atoms with Gasteiger partial charge < -0.3 is 9.84 Å². The fourth-order valence-electron chi connectivity index (χ4n) is 3.15. The number of aromatic nitrogens is 4. The van der Waals surface area contributed by atoms with Crippen LogP contribution >= 0.6 is 0 Å². The van der Waals surface area contributed by atoms with Crippen molar-refractivity contribution in [3.05, 3.63) is 64.3 Å². The van der Waals surface area contributed by atoms with Crippen molar-refractivity contribution < 1.29 is 19.4 Å². The number of carbonyl (C=O) groups is 2. The number of nitrogens with one attached hydrogen (secondary N) is 2. The Hall–Kier alpha value is -3.95. The predicted molar refractivity (Wildman–Crippen MR) is 122 cm³/mol. The topological polar surface area (TPSA) is 139 Å². The highest BCUT2D eigenvalue weighted by atomic mass is 16.5. The molecule has 0 aliphatic carbocycles. The third-order valence-electron chi connectivity index (χ3n) is 4.73. The summed E-state index contributed by atoms with van der Waals surface area (Å²) in [6, 6.07) is 7.14. The molecule has 3 N–H and O–H groups in total. The molecule has 3 aromatic rings. The van der Waals surface area contributed by atoms with Gasteiger partial charge in [-0.05, 0) is 30.0 Å². The molecule has 0 saturated heterocycles. The van der Waals surface area contributed by atoms with Crippen molar-refractivity contribution in [2.24, 2.45) is 5.92 Å². The molecule has 174 valence electrons. The summed E-state index contributed by atoms with van der Waals surface area (Å²) in [5.41, 5.74) is 2.52. The summed E-state index contributed by atoms with van der Waals surface area (Å²) in [6.07, 6.45) is 5.05. The van der Waals surface area contributed by atoms with Crippen molar-refractivity contribution in [1.82, 2.24) is 20.0 Å². The van der Waals surface area contributed by atoms with Gasteiger partial charge in [-0.25, -0.2) is 4.79 Å². The molecule has 3 rings (SSSR count). The monoisotopic (exact) mass is 453 g/mol. The second-order valence-electron chi connectivity index (χ2n) is 8.06. The van der Waals surface area contributed by atoms with Gasteiger partial charge in [0, 0.05) is 43.0 Å². The molecule has 0 bridgehead atoms. The number of carbonyl (C=O) groups excluding carboxylic acids is 1. The predicted octanol–water partition coefficient (Wildman–Crippen LogP) is 3.29. The van der Waals surface area contributed by atoms with Gasteiger partial charge in [0.05, 0.1) is 18.4 Å². The largest absolute Gasteiger partial charge is 0.481 e. The summed E-state index contributed by atoms with van der Waals surface area (Å²) in [5, 5.41) is 22.6. The zero-order valence-corrected chi connectivity index (χ0v) is 18.6. The summed E-state index contributed by atoms with van der Waals surface area (Å²) in [7, 11) is 0. The molecule has 0 spiro atoms. The third kappa shape index (κ3) is 7.03. The van der Waals surface area contributed by atoms with Crippen LogP contribution in [0.3, 0.4) is 0 Å². The number of aryl methyl sites for hydroxylation is 1. The first-order valence-corrected chi connectivity index (χ1v) is 10.7. The second-order valence-corrected chi connectivity index (χ2v) is 8.06. The first kappa shape index (κ1) is 23.7. The maximum absolute atomic E-state index is 13.0. The zero-order chi connectivity index (χ0) is 23.8. The quantitative estimate of drug-likeness (QED) is 0.428. The van der Waals surface area contributed by atoms with Gasteiger partial charge in [-0.1, -0.05) is 26.0 Å². The van der Waals surface area contributed by atoms with Crippen molar-refractivity contribution in [3.63, 3.8) is 0 Å². The van der Waals surface area contributed by atoms with Crippen LogP contribution in [0.1, 0.15) is 37.9 Å². The van der Waals surface area contributed by atoms with Crippen molar-refractivity contribution in [3.8, 4) is 11.1 Å². The number of benzene rings is 1. The number of H-pyrrole nitrogens is 1. The highest BCUT2D eigenvalue weighted by Gasteiger charge is 2.13. The Labute approximate surface area is 190 Å². The maximum atomic E-state index is 13.0. The highest BCUT2D eigenvalue weighted by molar-refractivity contribution is 5.84. The van der Waals surface area contributed by atoms with E-state index in [0.29, 0.717) is 42.1 Å². The summed E-state index contributed by atoms with van der Waals surface area (Å²) in [5.74, 6) is -0.617. The number of carboxylic acids is 1. The lowest BCUT2D eigenvalue weighted by atomic mass is 10.1. The number of amides is 1. The second kappa shape index (κ2) is 11.1. The van der Waals surface area contributed by atoms with Gasteiger partial charge in [-0.15, -0.1) is 0 Å². The minimum atomic E-state index is -0.857. The van der Waals surface area contributed by atoms with Crippen molar-refractivity contribution in [1.29, 1.82) is 0 Å². The Morgan fingerprint density at radius 1 is 1.30 bits per heavy atom. The van der Waals surface area contributed by atoms with Crippen molar-refractivity contribution >= 4 is 17.7 Å². The van der Waals surface area contributed by atoms with E-state index in [9.17, 15) is 14.4 Å². The molecule has 0 fully saturated rings. The van der Waals surface area contributed by atoms with Crippen LogP contribution in [0.25, 0.3) is 11.1 Å². The number of hydrogen-bond acceptors (Lipinski definition) is 6. The molecule has 2 heterocycles.